The van der Waals surface area contributed by atoms with E-state index in [9.17, 15) is 9.59 Å². The number of carbonyl (C=O) groups is 2. The highest BCUT2D eigenvalue weighted by Crippen LogP contribution is 2.27. The summed E-state index contributed by atoms with van der Waals surface area (Å²) in [7, 11) is 0. The molecule has 132 valence electrons. The lowest BCUT2D eigenvalue weighted by molar-refractivity contribution is -0.135. The summed E-state index contributed by atoms with van der Waals surface area (Å²) in [5.41, 5.74) is 3.80. The number of aromatic nitrogens is 2. The quantitative estimate of drug-likeness (QED) is 0.524. The number of carbonyl (C=O) groups excluding carboxylic acids is 1. The van der Waals surface area contributed by atoms with E-state index in [0.29, 0.717) is 12.1 Å². The van der Waals surface area contributed by atoms with Crippen LogP contribution in [-0.4, -0.2) is 33.5 Å². The molecule has 0 spiro atoms. The van der Waals surface area contributed by atoms with Gasteiger partial charge in [-0.2, -0.15) is 0 Å². The Kier molecular flexibility index (Phi) is 5.28. The standard InChI is InChI=1S/C19H18N4O3/c24-18(25)11-22-19(26)16-7-6-14(21-10-15-9-20-12-23-15)8-17(16)13-4-2-1-3-5-13/h1-9,12,21H,10-11H2,(H,20,23)(H,22,26)(H,24,25). The summed E-state index contributed by atoms with van der Waals surface area (Å²) in [4.78, 5) is 30.1. The fourth-order valence-corrected chi connectivity index (χ4v) is 2.54. The number of hydrogen-bond donors (Lipinski definition) is 4. The van der Waals surface area contributed by atoms with Crippen molar-refractivity contribution < 1.29 is 14.7 Å². The van der Waals surface area contributed by atoms with Crippen LogP contribution in [0.15, 0.2) is 61.1 Å². The molecule has 3 rings (SSSR count). The number of H-pyrrole nitrogens is 1. The first-order valence-electron chi connectivity index (χ1n) is 8.04. The van der Waals surface area contributed by atoms with Gasteiger partial charge in [0, 0.05) is 17.4 Å². The van der Waals surface area contributed by atoms with E-state index in [-0.39, 0.29) is 0 Å². The van der Waals surface area contributed by atoms with E-state index in [1.54, 1.807) is 24.7 Å². The van der Waals surface area contributed by atoms with Crippen LogP contribution in [0.1, 0.15) is 16.1 Å². The molecule has 0 radical (unpaired) electrons. The molecule has 0 unspecified atom stereocenters. The Morgan fingerprint density at radius 3 is 2.62 bits per heavy atom. The molecule has 26 heavy (non-hydrogen) atoms. The normalized spacial score (nSPS) is 10.3. The molecule has 7 nitrogen and oxygen atoms in total. The van der Waals surface area contributed by atoms with Crippen LogP contribution in [0.2, 0.25) is 0 Å². The van der Waals surface area contributed by atoms with Gasteiger partial charge in [0.25, 0.3) is 5.91 Å². The largest absolute Gasteiger partial charge is 0.480 e. The maximum absolute atomic E-state index is 12.4. The van der Waals surface area contributed by atoms with E-state index in [4.69, 9.17) is 5.11 Å². The molecule has 4 N–H and O–H groups in total. The van der Waals surface area contributed by atoms with Crippen LogP contribution in [0.4, 0.5) is 5.69 Å². The van der Waals surface area contributed by atoms with Crippen molar-refractivity contribution in [3.63, 3.8) is 0 Å². The van der Waals surface area contributed by atoms with E-state index in [1.165, 1.54) is 0 Å². The first-order valence-corrected chi connectivity index (χ1v) is 8.04. The fraction of sp³-hybridized carbons (Fsp3) is 0.105. The van der Waals surface area contributed by atoms with Crippen molar-refractivity contribution >= 4 is 17.6 Å². The maximum atomic E-state index is 12.4. The number of aliphatic carboxylic acids is 1. The Hall–Kier alpha value is -3.61. The van der Waals surface area contributed by atoms with Gasteiger partial charge in [0.1, 0.15) is 6.54 Å². The second-order valence-corrected chi connectivity index (χ2v) is 5.63. The molecule has 0 atom stereocenters. The summed E-state index contributed by atoms with van der Waals surface area (Å²) in [5, 5.41) is 14.5. The molecule has 0 aliphatic rings. The minimum atomic E-state index is -1.09. The number of nitrogens with one attached hydrogen (secondary N) is 3. The zero-order valence-corrected chi connectivity index (χ0v) is 13.9. The summed E-state index contributed by atoms with van der Waals surface area (Å²) in [6.07, 6.45) is 3.35. The summed E-state index contributed by atoms with van der Waals surface area (Å²) < 4.78 is 0. The number of benzene rings is 2. The van der Waals surface area contributed by atoms with Crippen molar-refractivity contribution in [3.05, 3.63) is 72.3 Å². The molecular formula is C19H18N4O3. The van der Waals surface area contributed by atoms with Gasteiger partial charge in [0.2, 0.25) is 0 Å². The predicted octanol–water partition coefficient (Wildman–Crippen LogP) is 2.50. The summed E-state index contributed by atoms with van der Waals surface area (Å²) >= 11 is 0. The summed E-state index contributed by atoms with van der Waals surface area (Å²) in [6, 6.07) is 14.8. The van der Waals surface area contributed by atoms with Crippen LogP contribution < -0.4 is 10.6 Å². The minimum absolute atomic E-state index is 0.421. The average molecular weight is 350 g/mol. The third-order valence-corrected chi connectivity index (χ3v) is 3.79. The molecular weight excluding hydrogens is 332 g/mol. The lowest BCUT2D eigenvalue weighted by Gasteiger charge is -2.13. The number of aromatic amines is 1. The van der Waals surface area contributed by atoms with Gasteiger partial charge in [-0.05, 0) is 29.3 Å². The van der Waals surface area contributed by atoms with Gasteiger partial charge in [-0.25, -0.2) is 4.98 Å². The van der Waals surface area contributed by atoms with E-state index in [1.807, 2.05) is 36.4 Å². The van der Waals surface area contributed by atoms with Crippen LogP contribution in [0.5, 0.6) is 0 Å². The van der Waals surface area contributed by atoms with E-state index in [0.717, 1.165) is 22.5 Å². The van der Waals surface area contributed by atoms with Gasteiger partial charge in [-0.3, -0.25) is 9.59 Å². The third-order valence-electron chi connectivity index (χ3n) is 3.79. The van der Waals surface area contributed by atoms with Gasteiger partial charge >= 0.3 is 5.97 Å². The number of rotatable bonds is 7. The van der Waals surface area contributed by atoms with Crippen LogP contribution in [0.3, 0.4) is 0 Å². The first kappa shape index (κ1) is 17.2. The fourth-order valence-electron chi connectivity index (χ4n) is 2.54. The minimum Gasteiger partial charge on any atom is -0.480 e. The second kappa shape index (κ2) is 7.98. The molecule has 1 amide bonds. The van der Waals surface area contributed by atoms with Gasteiger partial charge in [-0.1, -0.05) is 30.3 Å². The monoisotopic (exact) mass is 350 g/mol. The van der Waals surface area contributed by atoms with E-state index < -0.39 is 18.4 Å². The number of carboxylic acids is 1. The molecule has 0 saturated carbocycles. The second-order valence-electron chi connectivity index (χ2n) is 5.63. The Balaban J connectivity index is 1.88. The number of amides is 1. The number of anilines is 1. The highest BCUT2D eigenvalue weighted by atomic mass is 16.4. The van der Waals surface area contributed by atoms with Crippen LogP contribution in [-0.2, 0) is 11.3 Å². The first-order chi connectivity index (χ1) is 12.6. The highest BCUT2D eigenvalue weighted by molar-refractivity contribution is 6.02. The number of hydrogen-bond acceptors (Lipinski definition) is 4. The highest BCUT2D eigenvalue weighted by Gasteiger charge is 2.14. The molecule has 0 fully saturated rings. The van der Waals surface area contributed by atoms with Crippen LogP contribution >= 0.6 is 0 Å². The van der Waals surface area contributed by atoms with Crippen LogP contribution in [0.25, 0.3) is 11.1 Å². The zero-order valence-electron chi connectivity index (χ0n) is 13.9. The Bertz CT molecular complexity index is 892. The lowest BCUT2D eigenvalue weighted by atomic mass is 9.98. The molecule has 0 saturated heterocycles. The van der Waals surface area contributed by atoms with Gasteiger partial charge in [0.15, 0.2) is 0 Å². The molecule has 1 aromatic heterocycles. The van der Waals surface area contributed by atoms with E-state index >= 15 is 0 Å². The van der Waals surface area contributed by atoms with Gasteiger partial charge < -0.3 is 20.7 Å². The van der Waals surface area contributed by atoms with E-state index in [2.05, 4.69) is 20.6 Å². The number of carboxylic acid groups (broad SMARTS) is 1. The summed E-state index contributed by atoms with van der Waals surface area (Å²) in [5.74, 6) is -1.51. The molecule has 0 aliphatic heterocycles. The smallest absolute Gasteiger partial charge is 0.322 e. The predicted molar refractivity (Wildman–Crippen MR) is 97.8 cm³/mol. The summed E-state index contributed by atoms with van der Waals surface area (Å²) in [6.45, 7) is 0.145. The van der Waals surface area contributed by atoms with Crippen molar-refractivity contribution in [2.24, 2.45) is 0 Å². The Labute approximate surface area is 150 Å². The molecule has 0 aliphatic carbocycles. The van der Waals surface area contributed by atoms with Crippen molar-refractivity contribution in [1.29, 1.82) is 0 Å². The topological polar surface area (TPSA) is 107 Å². The third kappa shape index (κ3) is 4.27. The van der Waals surface area contributed by atoms with Gasteiger partial charge in [-0.15, -0.1) is 0 Å². The maximum Gasteiger partial charge on any atom is 0.322 e. The molecule has 2 aromatic carbocycles. The average Bonchev–Trinajstić information content (AvgIpc) is 3.18. The lowest BCUT2D eigenvalue weighted by Crippen LogP contribution is -2.29. The number of nitrogens with zero attached hydrogens (tertiary/aromatic N) is 1. The Morgan fingerprint density at radius 2 is 1.92 bits per heavy atom. The molecule has 3 aromatic rings. The Morgan fingerprint density at radius 1 is 1.12 bits per heavy atom. The van der Waals surface area contributed by atoms with Crippen molar-refractivity contribution in [3.8, 4) is 11.1 Å². The number of imidazole rings is 1. The molecule has 1 heterocycles. The zero-order chi connectivity index (χ0) is 18.4. The van der Waals surface area contributed by atoms with Gasteiger partial charge in [0.05, 0.1) is 18.6 Å². The van der Waals surface area contributed by atoms with Crippen molar-refractivity contribution in [1.82, 2.24) is 15.3 Å². The van der Waals surface area contributed by atoms with Crippen molar-refractivity contribution in [2.75, 3.05) is 11.9 Å². The molecule has 0 bridgehead atoms. The SMILES string of the molecule is O=C(O)CNC(=O)c1ccc(NCc2cnc[nH]2)cc1-c1ccccc1. The molecule has 7 heteroatoms. The van der Waals surface area contributed by atoms with Crippen LogP contribution in [0, 0.1) is 0 Å². The van der Waals surface area contributed by atoms with Crippen molar-refractivity contribution in [2.45, 2.75) is 6.54 Å².